The van der Waals surface area contributed by atoms with E-state index >= 15 is 0 Å². The first-order chi connectivity index (χ1) is 9.80. The van der Waals surface area contributed by atoms with Crippen LogP contribution in [-0.4, -0.2) is 31.4 Å². The third-order valence-electron chi connectivity index (χ3n) is 6.29. The maximum atomic E-state index is 6.35. The first kappa shape index (κ1) is 11.6. The molecule has 1 aromatic rings. The Hall–Kier alpha value is -1.06. The van der Waals surface area contributed by atoms with Gasteiger partial charge in [0, 0.05) is 11.5 Å². The van der Waals surface area contributed by atoms with Crippen LogP contribution in [0, 0.1) is 0 Å². The average molecular weight is 271 g/mol. The van der Waals surface area contributed by atoms with Crippen molar-refractivity contribution >= 4 is 0 Å². The van der Waals surface area contributed by atoms with E-state index in [1.54, 1.807) is 7.11 Å². The Labute approximate surface area is 119 Å². The molecule has 4 atom stereocenters. The number of hydrogen-bond donors (Lipinski definition) is 1. The van der Waals surface area contributed by atoms with Gasteiger partial charge in [0.1, 0.15) is 11.4 Å². The van der Waals surface area contributed by atoms with Gasteiger partial charge in [0.05, 0.1) is 13.2 Å². The smallest absolute Gasteiger partial charge is 0.120 e. The number of piperidine rings is 1. The molecular formula is C17H21NO2. The minimum absolute atomic E-state index is 0.100. The predicted octanol–water partition coefficient (Wildman–Crippen LogP) is 2.17. The van der Waals surface area contributed by atoms with E-state index in [-0.39, 0.29) is 11.0 Å². The number of fused-ring (bicyclic) bond motifs is 1. The third-order valence-corrected chi connectivity index (χ3v) is 6.29. The number of hydrogen-bond acceptors (Lipinski definition) is 3. The largest absolute Gasteiger partial charge is 0.497 e. The molecule has 106 valence electrons. The highest BCUT2D eigenvalue weighted by Crippen LogP contribution is 2.66. The van der Waals surface area contributed by atoms with Crippen LogP contribution < -0.4 is 10.1 Å². The van der Waals surface area contributed by atoms with Crippen molar-refractivity contribution in [2.24, 2.45) is 0 Å². The topological polar surface area (TPSA) is 33.8 Å². The molecule has 2 aliphatic carbocycles. The number of methoxy groups -OCH3 is 1. The van der Waals surface area contributed by atoms with Crippen LogP contribution in [0.25, 0.3) is 0 Å². The number of epoxide rings is 1. The van der Waals surface area contributed by atoms with Gasteiger partial charge in [0.25, 0.3) is 0 Å². The highest BCUT2D eigenvalue weighted by Gasteiger charge is 2.76. The van der Waals surface area contributed by atoms with E-state index in [9.17, 15) is 0 Å². The van der Waals surface area contributed by atoms with E-state index in [1.165, 1.54) is 36.8 Å². The molecule has 2 aliphatic heterocycles. The highest BCUT2D eigenvalue weighted by molar-refractivity contribution is 5.51. The van der Waals surface area contributed by atoms with Gasteiger partial charge >= 0.3 is 0 Å². The molecule has 5 rings (SSSR count). The van der Waals surface area contributed by atoms with E-state index in [1.807, 2.05) is 0 Å². The molecule has 0 amide bonds. The minimum Gasteiger partial charge on any atom is -0.497 e. The van der Waals surface area contributed by atoms with Gasteiger partial charge in [-0.3, -0.25) is 0 Å². The molecule has 2 saturated heterocycles. The molecule has 4 aliphatic rings. The molecule has 1 spiro atoms. The molecule has 2 bridgehead atoms. The van der Waals surface area contributed by atoms with Gasteiger partial charge < -0.3 is 14.8 Å². The summed E-state index contributed by atoms with van der Waals surface area (Å²) in [5, 5.41) is 3.74. The molecule has 0 radical (unpaired) electrons. The normalized spacial score (nSPS) is 44.0. The van der Waals surface area contributed by atoms with Gasteiger partial charge in [0.15, 0.2) is 0 Å². The predicted molar refractivity (Wildman–Crippen MR) is 76.2 cm³/mol. The fourth-order valence-corrected chi connectivity index (χ4v) is 5.48. The quantitative estimate of drug-likeness (QED) is 0.795. The summed E-state index contributed by atoms with van der Waals surface area (Å²) in [7, 11) is 1.76. The third kappa shape index (κ3) is 1.12. The summed E-state index contributed by atoms with van der Waals surface area (Å²) in [6.45, 7) is 1.12. The van der Waals surface area contributed by atoms with E-state index < -0.39 is 0 Å². The Kier molecular flexibility index (Phi) is 2.07. The van der Waals surface area contributed by atoms with Crippen LogP contribution in [0.5, 0.6) is 5.75 Å². The maximum Gasteiger partial charge on any atom is 0.120 e. The summed E-state index contributed by atoms with van der Waals surface area (Å²) in [6, 6.07) is 7.19. The van der Waals surface area contributed by atoms with E-state index in [2.05, 4.69) is 23.5 Å². The fourth-order valence-electron chi connectivity index (χ4n) is 5.48. The molecule has 1 N–H and O–H groups in total. The second-order valence-corrected chi connectivity index (χ2v) is 6.86. The second kappa shape index (κ2) is 3.58. The molecule has 2 heterocycles. The summed E-state index contributed by atoms with van der Waals surface area (Å²) >= 11 is 0. The summed E-state index contributed by atoms with van der Waals surface area (Å²) in [6.07, 6.45) is 6.64. The Balaban J connectivity index is 1.75. The van der Waals surface area contributed by atoms with Crippen LogP contribution in [0.2, 0.25) is 0 Å². The fraction of sp³-hybridized carbons (Fsp3) is 0.647. The van der Waals surface area contributed by atoms with Crippen molar-refractivity contribution in [2.45, 2.75) is 55.3 Å². The van der Waals surface area contributed by atoms with Crippen molar-refractivity contribution in [3.8, 4) is 5.75 Å². The molecule has 3 nitrogen and oxygen atoms in total. The van der Waals surface area contributed by atoms with Crippen molar-refractivity contribution in [3.63, 3.8) is 0 Å². The average Bonchev–Trinajstić information content (AvgIpc) is 3.20. The van der Waals surface area contributed by atoms with Gasteiger partial charge in [-0.1, -0.05) is 6.07 Å². The molecule has 1 saturated carbocycles. The minimum atomic E-state index is 0.100. The van der Waals surface area contributed by atoms with E-state index in [0.717, 1.165) is 18.7 Å². The van der Waals surface area contributed by atoms with Gasteiger partial charge in [-0.15, -0.1) is 0 Å². The van der Waals surface area contributed by atoms with Crippen molar-refractivity contribution in [2.75, 3.05) is 13.7 Å². The standard InChI is InChI=1S/C17H21NO2/c1-19-12-5-4-11-9-14-17-15(20-17)3-2-6-16(17,7-8-18-14)13(11)10-12/h4-5,10,14-15,18H,2-3,6-9H2,1H3/t14-,15?,16+,17+/m1/s1. The zero-order valence-corrected chi connectivity index (χ0v) is 11.9. The van der Waals surface area contributed by atoms with Crippen LogP contribution in [0.15, 0.2) is 18.2 Å². The second-order valence-electron chi connectivity index (χ2n) is 6.86. The van der Waals surface area contributed by atoms with Crippen LogP contribution in [0.4, 0.5) is 0 Å². The van der Waals surface area contributed by atoms with Gasteiger partial charge in [-0.05, 0) is 61.9 Å². The van der Waals surface area contributed by atoms with Crippen LogP contribution >= 0.6 is 0 Å². The maximum absolute atomic E-state index is 6.35. The van der Waals surface area contributed by atoms with E-state index in [0.29, 0.717) is 12.1 Å². The van der Waals surface area contributed by atoms with Crippen molar-refractivity contribution in [1.82, 2.24) is 5.32 Å². The zero-order valence-electron chi connectivity index (χ0n) is 11.9. The van der Waals surface area contributed by atoms with Crippen molar-refractivity contribution in [1.29, 1.82) is 0 Å². The summed E-state index contributed by atoms with van der Waals surface area (Å²) in [5.74, 6) is 0.994. The molecule has 0 aromatic heterocycles. The number of benzene rings is 1. The highest BCUT2D eigenvalue weighted by atomic mass is 16.6. The van der Waals surface area contributed by atoms with Gasteiger partial charge in [0.2, 0.25) is 0 Å². The number of nitrogens with one attached hydrogen (secondary N) is 1. The first-order valence-electron chi connectivity index (χ1n) is 7.89. The Morgan fingerprint density at radius 3 is 3.20 bits per heavy atom. The lowest BCUT2D eigenvalue weighted by Crippen LogP contribution is -2.66. The first-order valence-corrected chi connectivity index (χ1v) is 7.89. The number of rotatable bonds is 1. The van der Waals surface area contributed by atoms with Gasteiger partial charge in [-0.25, -0.2) is 0 Å². The molecule has 20 heavy (non-hydrogen) atoms. The lowest BCUT2D eigenvalue weighted by atomic mass is 9.52. The van der Waals surface area contributed by atoms with Crippen LogP contribution in [0.1, 0.15) is 36.8 Å². The van der Waals surface area contributed by atoms with Crippen LogP contribution in [0.3, 0.4) is 0 Å². The lowest BCUT2D eigenvalue weighted by molar-refractivity contribution is 0.0661. The zero-order chi connectivity index (χ0) is 13.4. The summed E-state index contributed by atoms with van der Waals surface area (Å²) in [5.41, 5.74) is 3.37. The molecular weight excluding hydrogens is 250 g/mol. The van der Waals surface area contributed by atoms with Crippen LogP contribution in [-0.2, 0) is 16.6 Å². The Morgan fingerprint density at radius 1 is 1.35 bits per heavy atom. The van der Waals surface area contributed by atoms with E-state index in [4.69, 9.17) is 9.47 Å². The Morgan fingerprint density at radius 2 is 2.30 bits per heavy atom. The Bertz CT molecular complexity index is 582. The molecule has 1 unspecified atom stereocenters. The summed E-state index contributed by atoms with van der Waals surface area (Å²) < 4.78 is 11.8. The molecule has 3 fully saturated rings. The van der Waals surface area contributed by atoms with Crippen molar-refractivity contribution in [3.05, 3.63) is 29.3 Å². The van der Waals surface area contributed by atoms with Gasteiger partial charge in [-0.2, -0.15) is 0 Å². The SMILES string of the molecule is COc1ccc2c(c1)[C@@]13CCCC4O[C@@]41[C@@H](C2)NCC3. The van der Waals surface area contributed by atoms with Crippen molar-refractivity contribution < 1.29 is 9.47 Å². The summed E-state index contributed by atoms with van der Waals surface area (Å²) in [4.78, 5) is 0. The number of ether oxygens (including phenoxy) is 2. The molecule has 3 heteroatoms. The molecule has 1 aromatic carbocycles. The monoisotopic (exact) mass is 271 g/mol. The lowest BCUT2D eigenvalue weighted by Gasteiger charge is -2.54.